The molecule has 160 valence electrons. The van der Waals surface area contributed by atoms with Gasteiger partial charge in [0, 0.05) is 38.1 Å². The van der Waals surface area contributed by atoms with E-state index in [2.05, 4.69) is 67.6 Å². The fourth-order valence-electron chi connectivity index (χ4n) is 3.65. The quantitative estimate of drug-likeness (QED) is 0.541. The fourth-order valence-corrected chi connectivity index (χ4v) is 3.65. The lowest BCUT2D eigenvalue weighted by molar-refractivity contribution is 0.0957. The first-order chi connectivity index (χ1) is 15.0. The molecule has 2 aromatic heterocycles. The molecule has 0 atom stereocenters. The molecule has 4 N–H and O–H groups in total. The number of pyridine rings is 1. The monoisotopic (exact) mass is 418 g/mol. The van der Waals surface area contributed by atoms with Crippen LogP contribution in [0.3, 0.4) is 0 Å². The Morgan fingerprint density at radius 2 is 1.74 bits per heavy atom. The summed E-state index contributed by atoms with van der Waals surface area (Å²) in [7, 11) is 0. The van der Waals surface area contributed by atoms with Crippen LogP contribution in [-0.4, -0.2) is 47.0 Å². The van der Waals surface area contributed by atoms with Crippen LogP contribution in [0.25, 0.3) is 0 Å². The van der Waals surface area contributed by atoms with E-state index in [4.69, 9.17) is 5.73 Å². The van der Waals surface area contributed by atoms with Gasteiger partial charge >= 0.3 is 0 Å². The second kappa shape index (κ2) is 8.86. The number of anilines is 4. The van der Waals surface area contributed by atoms with Crippen molar-refractivity contribution < 1.29 is 4.79 Å². The van der Waals surface area contributed by atoms with Gasteiger partial charge in [-0.25, -0.2) is 9.97 Å². The van der Waals surface area contributed by atoms with Gasteiger partial charge in [-0.05, 0) is 43.2 Å². The number of carbonyl (C=O) groups is 1. The van der Waals surface area contributed by atoms with Crippen LogP contribution in [0.2, 0.25) is 0 Å². The molecule has 1 aromatic carbocycles. The van der Waals surface area contributed by atoms with Crippen molar-refractivity contribution in [2.75, 3.05) is 47.1 Å². The van der Waals surface area contributed by atoms with Crippen LogP contribution in [0.1, 0.15) is 21.6 Å². The lowest BCUT2D eigenvalue weighted by Crippen LogP contribution is -2.47. The SMILES string of the molecule is Cc1cccc(N2CCN(c3ncnc(NNC(=O)c4ccccn4)c3N)CC2)c1C. The summed E-state index contributed by atoms with van der Waals surface area (Å²) in [5, 5.41) is 0. The molecule has 9 nitrogen and oxygen atoms in total. The summed E-state index contributed by atoms with van der Waals surface area (Å²) in [6.07, 6.45) is 3.00. The maximum absolute atomic E-state index is 12.2. The zero-order chi connectivity index (χ0) is 21.8. The highest BCUT2D eigenvalue weighted by Gasteiger charge is 2.22. The molecular formula is C22H26N8O. The van der Waals surface area contributed by atoms with Crippen molar-refractivity contribution in [3.63, 3.8) is 0 Å². The van der Waals surface area contributed by atoms with Crippen molar-refractivity contribution >= 4 is 28.9 Å². The number of nitrogen functional groups attached to an aromatic ring is 1. The number of nitrogens with one attached hydrogen (secondary N) is 2. The lowest BCUT2D eigenvalue weighted by Gasteiger charge is -2.38. The molecule has 3 aromatic rings. The van der Waals surface area contributed by atoms with Crippen LogP contribution in [-0.2, 0) is 0 Å². The van der Waals surface area contributed by atoms with E-state index < -0.39 is 0 Å². The van der Waals surface area contributed by atoms with Crippen molar-refractivity contribution in [1.29, 1.82) is 0 Å². The number of carbonyl (C=O) groups excluding carboxylic acids is 1. The minimum absolute atomic E-state index is 0.297. The van der Waals surface area contributed by atoms with Crippen LogP contribution in [0.5, 0.6) is 0 Å². The summed E-state index contributed by atoms with van der Waals surface area (Å²) in [4.78, 5) is 29.3. The number of hydrogen-bond acceptors (Lipinski definition) is 8. The number of hydrogen-bond donors (Lipinski definition) is 3. The van der Waals surface area contributed by atoms with Gasteiger partial charge in [0.15, 0.2) is 11.6 Å². The summed E-state index contributed by atoms with van der Waals surface area (Å²) in [5.74, 6) is 0.638. The largest absolute Gasteiger partial charge is 0.393 e. The molecule has 3 heterocycles. The third kappa shape index (κ3) is 4.35. The maximum atomic E-state index is 12.2. The standard InChI is InChI=1S/C22H26N8O/c1-15-6-5-8-18(16(15)2)29-10-12-30(13-11-29)21-19(23)20(25-14-26-21)27-28-22(31)17-7-3-4-9-24-17/h3-9,14H,10-13,23H2,1-2H3,(H,28,31)(H,25,26,27). The highest BCUT2D eigenvalue weighted by atomic mass is 16.2. The lowest BCUT2D eigenvalue weighted by atomic mass is 10.1. The van der Waals surface area contributed by atoms with Gasteiger partial charge in [-0.1, -0.05) is 18.2 Å². The number of piperazine rings is 1. The maximum Gasteiger partial charge on any atom is 0.288 e. The third-order valence-electron chi connectivity index (χ3n) is 5.55. The molecule has 0 radical (unpaired) electrons. The zero-order valence-corrected chi connectivity index (χ0v) is 17.7. The average molecular weight is 419 g/mol. The number of aryl methyl sites for hydroxylation is 1. The Kier molecular flexibility index (Phi) is 5.83. The summed E-state index contributed by atoms with van der Waals surface area (Å²) in [6, 6.07) is 11.5. The second-order valence-electron chi connectivity index (χ2n) is 7.45. The normalized spacial score (nSPS) is 13.7. The number of nitrogens with two attached hydrogens (primary N) is 1. The molecule has 31 heavy (non-hydrogen) atoms. The molecule has 1 aliphatic rings. The minimum atomic E-state index is -0.373. The van der Waals surface area contributed by atoms with E-state index in [1.807, 2.05) is 0 Å². The van der Waals surface area contributed by atoms with Gasteiger partial charge in [-0.3, -0.25) is 20.6 Å². The summed E-state index contributed by atoms with van der Waals surface area (Å²) >= 11 is 0. The molecule has 0 saturated carbocycles. The van der Waals surface area contributed by atoms with Gasteiger partial charge in [-0.2, -0.15) is 0 Å². The minimum Gasteiger partial charge on any atom is -0.393 e. The van der Waals surface area contributed by atoms with Gasteiger partial charge in [0.1, 0.15) is 17.7 Å². The second-order valence-corrected chi connectivity index (χ2v) is 7.45. The van der Waals surface area contributed by atoms with Crippen LogP contribution in [0.15, 0.2) is 48.9 Å². The van der Waals surface area contributed by atoms with Crippen LogP contribution < -0.4 is 26.4 Å². The molecule has 9 heteroatoms. The summed E-state index contributed by atoms with van der Waals surface area (Å²) in [6.45, 7) is 7.61. The Morgan fingerprint density at radius 3 is 2.48 bits per heavy atom. The molecular weight excluding hydrogens is 392 g/mol. The average Bonchev–Trinajstić information content (AvgIpc) is 2.81. The van der Waals surface area contributed by atoms with Crippen molar-refractivity contribution in [2.24, 2.45) is 0 Å². The van der Waals surface area contributed by atoms with Crippen molar-refractivity contribution in [1.82, 2.24) is 20.4 Å². The zero-order valence-electron chi connectivity index (χ0n) is 17.7. The predicted octanol–water partition coefficient (Wildman–Crippen LogP) is 2.15. The van der Waals surface area contributed by atoms with Crippen molar-refractivity contribution in [3.8, 4) is 0 Å². The number of aromatic nitrogens is 3. The molecule has 0 spiro atoms. The first kappa shape index (κ1) is 20.4. The van der Waals surface area contributed by atoms with E-state index in [1.165, 1.54) is 23.1 Å². The smallest absolute Gasteiger partial charge is 0.288 e. The summed E-state index contributed by atoms with van der Waals surface area (Å²) < 4.78 is 0. The Bertz CT molecular complexity index is 1060. The number of nitrogens with zero attached hydrogens (tertiary/aromatic N) is 5. The molecule has 1 amide bonds. The van der Waals surface area contributed by atoms with E-state index >= 15 is 0 Å². The first-order valence-corrected chi connectivity index (χ1v) is 10.2. The number of hydrazine groups is 1. The van der Waals surface area contributed by atoms with E-state index in [0.29, 0.717) is 23.0 Å². The number of rotatable bonds is 5. The topological polar surface area (TPSA) is 112 Å². The van der Waals surface area contributed by atoms with Gasteiger partial charge in [0.05, 0.1) is 0 Å². The van der Waals surface area contributed by atoms with E-state index in [-0.39, 0.29) is 5.91 Å². The first-order valence-electron chi connectivity index (χ1n) is 10.2. The van der Waals surface area contributed by atoms with Crippen molar-refractivity contribution in [2.45, 2.75) is 13.8 Å². The molecule has 0 unspecified atom stereocenters. The van der Waals surface area contributed by atoms with Gasteiger partial charge in [0.2, 0.25) is 0 Å². The molecule has 0 bridgehead atoms. The Morgan fingerprint density at radius 1 is 0.968 bits per heavy atom. The Balaban J connectivity index is 1.42. The van der Waals surface area contributed by atoms with Gasteiger partial charge in [0.25, 0.3) is 5.91 Å². The number of amides is 1. The number of benzene rings is 1. The van der Waals surface area contributed by atoms with Crippen LogP contribution in [0.4, 0.5) is 23.0 Å². The van der Waals surface area contributed by atoms with E-state index in [1.54, 1.807) is 24.4 Å². The Labute approximate surface area is 181 Å². The highest BCUT2D eigenvalue weighted by molar-refractivity contribution is 5.93. The van der Waals surface area contributed by atoms with E-state index in [0.717, 1.165) is 26.2 Å². The van der Waals surface area contributed by atoms with Gasteiger partial charge in [-0.15, -0.1) is 0 Å². The molecule has 0 aliphatic carbocycles. The van der Waals surface area contributed by atoms with Crippen LogP contribution >= 0.6 is 0 Å². The van der Waals surface area contributed by atoms with Gasteiger partial charge < -0.3 is 15.5 Å². The van der Waals surface area contributed by atoms with Crippen molar-refractivity contribution in [3.05, 3.63) is 65.7 Å². The van der Waals surface area contributed by atoms with Crippen LogP contribution in [0, 0.1) is 13.8 Å². The molecule has 1 aliphatic heterocycles. The Hall–Kier alpha value is -3.88. The predicted molar refractivity (Wildman–Crippen MR) is 122 cm³/mol. The third-order valence-corrected chi connectivity index (χ3v) is 5.55. The molecule has 1 saturated heterocycles. The molecule has 1 fully saturated rings. The summed E-state index contributed by atoms with van der Waals surface area (Å²) in [5.41, 5.74) is 16.3. The highest BCUT2D eigenvalue weighted by Crippen LogP contribution is 2.29. The molecule has 4 rings (SSSR count). The fraction of sp³-hybridized carbons (Fsp3) is 0.273. The van der Waals surface area contributed by atoms with E-state index in [9.17, 15) is 4.79 Å².